The number of benzene rings is 1. The van der Waals surface area contributed by atoms with Crippen LogP contribution in [0.4, 0.5) is 34.5 Å². The number of piperazine rings is 2. The fraction of sp³-hybridized carbons (Fsp3) is 0.727. The van der Waals surface area contributed by atoms with Gasteiger partial charge in [-0.2, -0.15) is 5.23 Å². The Hall–Kier alpha value is -6.87. The Bertz CT molecular complexity index is 2520. The van der Waals surface area contributed by atoms with Crippen molar-refractivity contribution in [1.82, 2.24) is 39.2 Å². The quantitative estimate of drug-likeness (QED) is 0.187. The second kappa shape index (κ2) is 25.3. The summed E-state index contributed by atoms with van der Waals surface area (Å²) >= 11 is 0. The molecule has 8 aliphatic rings. The largest absolute Gasteiger partial charge is 0.595 e. The van der Waals surface area contributed by atoms with Crippen LogP contribution in [-0.4, -0.2) is 238 Å². The highest BCUT2D eigenvalue weighted by Gasteiger charge is 2.55. The SMILES string of the molecule is COC(=O)[C@@H]1CCCN2C(=O)N(C3CC3)C[C@@H]12.COC(=O)[C@H]1[C@@H]2CN(C3CC3)C(=O)N2CCN1C(=O)OC(C)(C)C.COC(=O)[C@H]1[C@H](CN(C(=O)Oc2ccc([NH+]([O-])O)cc2)C2CC2)N(C(=O)OC(C)(C)C)CCN1C(=O)OC(C)(C)C. The van der Waals surface area contributed by atoms with Crippen molar-refractivity contribution in [2.24, 2.45) is 5.92 Å². The molecule has 3 aliphatic carbocycles. The number of fused-ring (bicyclic) bond motifs is 2. The van der Waals surface area contributed by atoms with Crippen molar-refractivity contribution >= 4 is 60.0 Å². The molecule has 3 saturated carbocycles. The highest BCUT2D eigenvalue weighted by molar-refractivity contribution is 5.87. The lowest BCUT2D eigenvalue weighted by atomic mass is 9.90. The lowest BCUT2D eigenvalue weighted by molar-refractivity contribution is -0.991. The Morgan fingerprint density at radius 1 is 0.573 bits per heavy atom. The van der Waals surface area contributed by atoms with Crippen LogP contribution < -0.4 is 9.96 Å². The van der Waals surface area contributed by atoms with Crippen molar-refractivity contribution in [1.29, 1.82) is 0 Å². The van der Waals surface area contributed by atoms with E-state index in [-0.39, 0.29) is 85.7 Å². The van der Waals surface area contributed by atoms with E-state index < -0.39 is 76.5 Å². The summed E-state index contributed by atoms with van der Waals surface area (Å²) < 4.78 is 36.9. The topological polar surface area (TPSA) is 292 Å². The summed E-state index contributed by atoms with van der Waals surface area (Å²) in [6.07, 6.45) is 4.57. The normalized spacial score (nSPS) is 24.8. The first-order valence-electron chi connectivity index (χ1n) is 28.1. The third-order valence-corrected chi connectivity index (χ3v) is 15.1. The van der Waals surface area contributed by atoms with Crippen LogP contribution >= 0.6 is 0 Å². The molecule has 0 radical (unpaired) electrons. The zero-order chi connectivity index (χ0) is 60.3. The van der Waals surface area contributed by atoms with E-state index in [1.807, 2.05) is 14.7 Å². The first-order chi connectivity index (χ1) is 38.4. The molecule has 27 nitrogen and oxygen atoms in total. The Labute approximate surface area is 478 Å². The fourth-order valence-electron chi connectivity index (χ4n) is 10.8. The number of hydrogen-bond acceptors (Lipinski definition) is 18. The number of carbonyl (C=O) groups excluding carboxylic acids is 9. The van der Waals surface area contributed by atoms with Crippen molar-refractivity contribution in [2.45, 2.75) is 179 Å². The molecule has 1 unspecified atom stereocenters. The van der Waals surface area contributed by atoms with E-state index in [4.69, 9.17) is 38.4 Å². The molecular weight excluding hydrogens is 1070 g/mol. The molecule has 0 spiro atoms. The van der Waals surface area contributed by atoms with E-state index in [1.165, 1.54) is 65.2 Å². The van der Waals surface area contributed by atoms with Gasteiger partial charge in [0.05, 0.1) is 45.4 Å². The van der Waals surface area contributed by atoms with Gasteiger partial charge in [-0.15, -0.1) is 0 Å². The van der Waals surface area contributed by atoms with Crippen LogP contribution in [0.15, 0.2) is 24.3 Å². The lowest BCUT2D eigenvalue weighted by Crippen LogP contribution is -2.99. The second-order valence-electron chi connectivity index (χ2n) is 24.7. The maximum absolute atomic E-state index is 13.4. The number of urea groups is 2. The Morgan fingerprint density at radius 3 is 1.48 bits per heavy atom. The van der Waals surface area contributed by atoms with Crippen molar-refractivity contribution < 1.29 is 86.7 Å². The molecule has 5 aliphatic heterocycles. The summed E-state index contributed by atoms with van der Waals surface area (Å²) in [7, 11) is 3.90. The third-order valence-electron chi connectivity index (χ3n) is 15.1. The first kappa shape index (κ1) is 62.7. The summed E-state index contributed by atoms with van der Waals surface area (Å²) in [6, 6.07) is 2.39. The summed E-state index contributed by atoms with van der Waals surface area (Å²) in [4.78, 5) is 127. The number of methoxy groups -OCH3 is 3. The minimum Gasteiger partial charge on any atom is -0.595 e. The number of ether oxygens (including phenoxy) is 7. The van der Waals surface area contributed by atoms with E-state index in [2.05, 4.69) is 0 Å². The molecule has 0 aromatic heterocycles. The Morgan fingerprint density at radius 2 is 1.01 bits per heavy atom. The average Bonchev–Trinajstić information content (AvgIpc) is 4.46. The van der Waals surface area contributed by atoms with Crippen molar-refractivity contribution in [3.8, 4) is 5.75 Å². The van der Waals surface area contributed by atoms with Gasteiger partial charge in [0, 0.05) is 82.6 Å². The van der Waals surface area contributed by atoms with Crippen LogP contribution in [0, 0.1) is 11.1 Å². The number of carbonyl (C=O) groups is 9. The number of hydrogen-bond donors (Lipinski definition) is 2. The summed E-state index contributed by atoms with van der Waals surface area (Å²) in [5, 5.41) is 19.2. The molecule has 5 heterocycles. The van der Waals surface area contributed by atoms with E-state index in [0.717, 1.165) is 45.1 Å². The van der Waals surface area contributed by atoms with E-state index in [0.29, 0.717) is 38.5 Å². The zero-order valence-corrected chi connectivity index (χ0v) is 49.3. The molecule has 456 valence electrons. The maximum Gasteiger partial charge on any atom is 0.415 e. The molecule has 0 bridgehead atoms. The van der Waals surface area contributed by atoms with Crippen LogP contribution in [0.25, 0.3) is 0 Å². The van der Waals surface area contributed by atoms with Crippen LogP contribution in [0.5, 0.6) is 5.75 Å². The average molecular weight is 1160 g/mol. The molecular formula is C55H83N9O18. The molecule has 7 atom stereocenters. The van der Waals surface area contributed by atoms with E-state index >= 15 is 0 Å². The van der Waals surface area contributed by atoms with Crippen molar-refractivity contribution in [2.75, 3.05) is 73.7 Å². The van der Waals surface area contributed by atoms with Crippen LogP contribution in [0.3, 0.4) is 0 Å². The molecule has 8 amide bonds. The minimum atomic E-state index is -1.31. The number of rotatable bonds is 10. The first-order valence-corrected chi connectivity index (χ1v) is 28.1. The number of amides is 8. The molecule has 9 rings (SSSR count). The molecule has 82 heavy (non-hydrogen) atoms. The predicted octanol–water partition coefficient (Wildman–Crippen LogP) is 4.34. The highest BCUT2D eigenvalue weighted by atomic mass is 16.8. The van der Waals surface area contributed by atoms with Gasteiger partial charge in [0.2, 0.25) is 0 Å². The van der Waals surface area contributed by atoms with Gasteiger partial charge >= 0.3 is 54.3 Å². The van der Waals surface area contributed by atoms with Crippen LogP contribution in [0.1, 0.15) is 114 Å². The Kier molecular flexibility index (Phi) is 19.4. The number of nitrogens with one attached hydrogen (secondary N) is 1. The van der Waals surface area contributed by atoms with Gasteiger partial charge in [0.25, 0.3) is 0 Å². The van der Waals surface area contributed by atoms with Gasteiger partial charge in [-0.25, -0.2) is 43.6 Å². The van der Waals surface area contributed by atoms with Gasteiger partial charge in [-0.3, -0.25) is 19.5 Å². The van der Waals surface area contributed by atoms with Gasteiger partial charge in [0.1, 0.15) is 22.6 Å². The van der Waals surface area contributed by atoms with Crippen LogP contribution in [-0.2, 0) is 42.8 Å². The molecule has 5 saturated heterocycles. The van der Waals surface area contributed by atoms with Gasteiger partial charge < -0.3 is 62.9 Å². The summed E-state index contributed by atoms with van der Waals surface area (Å²) in [6.45, 7) is 18.0. The number of quaternary nitrogens is 1. The number of nitrogens with zero attached hydrogens (tertiary/aromatic N) is 8. The number of piperidine rings is 1. The molecule has 1 aromatic carbocycles. The van der Waals surface area contributed by atoms with Crippen molar-refractivity contribution in [3.63, 3.8) is 0 Å². The summed E-state index contributed by atoms with van der Waals surface area (Å²) in [5.41, 5.74) is -2.32. The zero-order valence-electron chi connectivity index (χ0n) is 49.3. The highest BCUT2D eigenvalue weighted by Crippen LogP contribution is 2.39. The standard InChI is InChI=1S/C27H40N4O10.C16H25N3O5.C12H18N2O3/c1-26(2,3)40-24(34)28-14-15-29(25(35)41-27(4,5)6)21(22(32)38-7)20(28)16-30(17-8-9-17)23(33)39-19-12-10-18(11-13-19)31(36)37;1-16(2,3)24-15(22)18-8-7-17-11(12(18)13(20)23-4)9-19(14(17)21)10-5-6-10;1-17-11(15)9-3-2-6-13-10(9)7-14(12(13)16)8-4-5-8/h10-13,17,20-21,31,36H,8-9,14-16H2,1-7H3;10-12H,5-9H2,1-4H3;8-10H,2-7H2,1H3/t20-,21+;11-,12+;9-,10+/m001/s1. The molecule has 27 heteroatoms. The fourth-order valence-corrected chi connectivity index (χ4v) is 10.8. The molecule has 2 N–H and O–H groups in total. The molecule has 8 fully saturated rings. The van der Waals surface area contributed by atoms with Crippen molar-refractivity contribution in [3.05, 3.63) is 29.5 Å². The molecule has 1 aromatic rings. The van der Waals surface area contributed by atoms with E-state index in [1.54, 1.807) is 67.2 Å². The van der Waals surface area contributed by atoms with E-state index in [9.17, 15) is 48.4 Å². The smallest absolute Gasteiger partial charge is 0.415 e. The van der Waals surface area contributed by atoms with Gasteiger partial charge in [0.15, 0.2) is 17.8 Å². The summed E-state index contributed by atoms with van der Waals surface area (Å²) in [5.74, 6) is -1.46. The maximum atomic E-state index is 13.4. The minimum absolute atomic E-state index is 0.0104. The van der Waals surface area contributed by atoms with Gasteiger partial charge in [-0.05, 0) is 126 Å². The van der Waals surface area contributed by atoms with Gasteiger partial charge in [-0.1, -0.05) is 0 Å². The third kappa shape index (κ3) is 15.4. The predicted molar refractivity (Wildman–Crippen MR) is 288 cm³/mol. The Balaban J connectivity index is 0.000000197. The number of esters is 3. The lowest BCUT2D eigenvalue weighted by Gasteiger charge is -2.47. The van der Waals surface area contributed by atoms with Crippen LogP contribution in [0.2, 0.25) is 0 Å². The second-order valence-corrected chi connectivity index (χ2v) is 24.7. The monoisotopic (exact) mass is 1160 g/mol.